The summed E-state index contributed by atoms with van der Waals surface area (Å²) in [5, 5.41) is 1.22. The molecule has 5 aliphatic rings. The number of allylic oxidation sites excluding steroid dienone is 18. The lowest BCUT2D eigenvalue weighted by Gasteiger charge is -2.40. The van der Waals surface area contributed by atoms with Crippen molar-refractivity contribution in [3.8, 4) is 23.5 Å². The fourth-order valence-electron chi connectivity index (χ4n) is 11.1. The van der Waals surface area contributed by atoms with Crippen molar-refractivity contribution in [2.75, 3.05) is 4.90 Å². The maximum absolute atomic E-state index is 7.32. The molecule has 1 aromatic heterocycles. The SMILES string of the molecule is C#CC1(C)C(/C=C\C)=CC=CC1C1CCCc2c1oc1c(-c3cc(C4C(C)C=CC5C=CC=CC54)cc(N(c4ccccc4)c4ccc(C5=CCC=CC=C5)cc4)c3)cccc21. The third kappa shape index (κ3) is 7.04. The van der Waals surface area contributed by atoms with Gasteiger partial charge in [-0.15, -0.1) is 6.42 Å². The van der Waals surface area contributed by atoms with Crippen LogP contribution in [0.5, 0.6) is 0 Å². The van der Waals surface area contributed by atoms with Crippen LogP contribution in [0.15, 0.2) is 198 Å². The van der Waals surface area contributed by atoms with E-state index in [-0.39, 0.29) is 11.8 Å². The lowest BCUT2D eigenvalue weighted by atomic mass is 9.62. The second kappa shape index (κ2) is 16.7. The van der Waals surface area contributed by atoms with Gasteiger partial charge in [0, 0.05) is 51.3 Å². The van der Waals surface area contributed by atoms with Gasteiger partial charge in [-0.05, 0) is 122 Å². The van der Waals surface area contributed by atoms with Crippen molar-refractivity contribution in [2.45, 2.75) is 58.3 Å². The highest BCUT2D eigenvalue weighted by Crippen LogP contribution is 2.53. The maximum Gasteiger partial charge on any atom is 0.142 e. The van der Waals surface area contributed by atoms with Gasteiger partial charge in [0.05, 0.1) is 5.41 Å². The summed E-state index contributed by atoms with van der Waals surface area (Å²) in [6.45, 7) is 6.69. The molecule has 7 unspecified atom stereocenters. The second-order valence-electron chi connectivity index (χ2n) is 17.9. The molecule has 2 heteroatoms. The molecule has 0 N–H and O–H groups in total. The summed E-state index contributed by atoms with van der Waals surface area (Å²) >= 11 is 0. The predicted molar refractivity (Wildman–Crippen MR) is 262 cm³/mol. The van der Waals surface area contributed by atoms with Crippen molar-refractivity contribution in [2.24, 2.45) is 29.1 Å². The van der Waals surface area contributed by atoms with Crippen molar-refractivity contribution < 1.29 is 4.42 Å². The summed E-state index contributed by atoms with van der Waals surface area (Å²) in [6.07, 6.45) is 46.6. The molecule has 0 radical (unpaired) electrons. The van der Waals surface area contributed by atoms with E-state index in [9.17, 15) is 0 Å². The van der Waals surface area contributed by atoms with Crippen LogP contribution < -0.4 is 4.90 Å². The van der Waals surface area contributed by atoms with Crippen molar-refractivity contribution >= 4 is 33.6 Å². The molecule has 306 valence electrons. The molecule has 0 aliphatic heterocycles. The minimum absolute atomic E-state index is 0.130. The number of furan rings is 1. The molecule has 0 bridgehead atoms. The first-order valence-corrected chi connectivity index (χ1v) is 22.7. The van der Waals surface area contributed by atoms with Crippen molar-refractivity contribution in [1.29, 1.82) is 0 Å². The van der Waals surface area contributed by atoms with E-state index in [0.717, 1.165) is 59.7 Å². The Balaban J connectivity index is 1.14. The zero-order valence-electron chi connectivity index (χ0n) is 36.1. The van der Waals surface area contributed by atoms with Gasteiger partial charge in [-0.25, -0.2) is 0 Å². The average molecular weight is 806 g/mol. The highest BCUT2D eigenvalue weighted by molar-refractivity contribution is 5.96. The van der Waals surface area contributed by atoms with E-state index in [1.54, 1.807) is 0 Å². The fraction of sp³-hybridized carbons (Fsp3) is 0.233. The molecule has 4 aromatic carbocycles. The molecule has 0 spiro atoms. The quantitative estimate of drug-likeness (QED) is 0.115. The van der Waals surface area contributed by atoms with Gasteiger partial charge < -0.3 is 9.32 Å². The minimum atomic E-state index is -0.434. The molecule has 5 aliphatic carbocycles. The Labute approximate surface area is 368 Å². The van der Waals surface area contributed by atoms with Crippen LogP contribution in [-0.2, 0) is 6.42 Å². The second-order valence-corrected chi connectivity index (χ2v) is 17.9. The molecule has 0 saturated carbocycles. The van der Waals surface area contributed by atoms with E-state index >= 15 is 0 Å². The Morgan fingerprint density at radius 3 is 2.48 bits per heavy atom. The summed E-state index contributed by atoms with van der Waals surface area (Å²) in [6, 6.07) is 34.0. The number of nitrogens with zero attached hydrogens (tertiary/aromatic N) is 1. The van der Waals surface area contributed by atoms with Crippen molar-refractivity contribution in [3.63, 3.8) is 0 Å². The summed E-state index contributed by atoms with van der Waals surface area (Å²) in [4.78, 5) is 2.43. The third-order valence-electron chi connectivity index (χ3n) is 14.3. The minimum Gasteiger partial charge on any atom is -0.460 e. The molecule has 5 aromatic rings. The molecular weight excluding hydrogens is 751 g/mol. The van der Waals surface area contributed by atoms with Gasteiger partial charge in [0.1, 0.15) is 11.3 Å². The number of hydrogen-bond acceptors (Lipinski definition) is 2. The van der Waals surface area contributed by atoms with Gasteiger partial charge in [0.15, 0.2) is 0 Å². The zero-order chi connectivity index (χ0) is 42.2. The number of fused-ring (bicyclic) bond motifs is 4. The summed E-state index contributed by atoms with van der Waals surface area (Å²) in [5.41, 5.74) is 12.6. The van der Waals surface area contributed by atoms with Crippen molar-refractivity contribution in [1.82, 2.24) is 0 Å². The standard InChI is InChI=1S/C60H55NO/c1-5-19-47-23-16-31-56(60(47,4)6-2)55-30-18-29-54-53-28-17-27-52(58(53)62-59(54)55)45-38-46(57-41(3)32-33-44-22-14-15-26-51(44)57)40-50(39-45)61(48-24-12-9-13-25-48)49-36-34-43(35-37-49)42-20-10-7-8-11-21-42/h2,5,7-10,12-17,19-28,31-41,44,51,55-57H,11,18,29-30H2,1,3-4H3/b19-5-. The third-order valence-corrected chi connectivity index (χ3v) is 14.3. The van der Waals surface area contributed by atoms with E-state index in [2.05, 4.69) is 220 Å². The molecule has 0 fully saturated rings. The number of hydrogen-bond donors (Lipinski definition) is 0. The largest absolute Gasteiger partial charge is 0.460 e. The van der Waals surface area contributed by atoms with Crippen LogP contribution in [-0.4, -0.2) is 0 Å². The first-order chi connectivity index (χ1) is 30.4. The Hall–Kier alpha value is -6.56. The number of rotatable bonds is 8. The zero-order valence-corrected chi connectivity index (χ0v) is 36.1. The van der Waals surface area contributed by atoms with Crippen LogP contribution in [0.2, 0.25) is 0 Å². The van der Waals surface area contributed by atoms with Gasteiger partial charge in [-0.2, -0.15) is 0 Å². The molecule has 7 atom stereocenters. The highest BCUT2D eigenvalue weighted by atomic mass is 16.3. The number of anilines is 3. The number of para-hydroxylation sites is 2. The lowest BCUT2D eigenvalue weighted by molar-refractivity contribution is 0.274. The first-order valence-electron chi connectivity index (χ1n) is 22.7. The van der Waals surface area contributed by atoms with E-state index in [0.29, 0.717) is 23.7 Å². The van der Waals surface area contributed by atoms with E-state index in [1.165, 1.54) is 38.8 Å². The first kappa shape index (κ1) is 39.6. The van der Waals surface area contributed by atoms with E-state index < -0.39 is 5.41 Å². The summed E-state index contributed by atoms with van der Waals surface area (Å²) in [7, 11) is 0. The highest BCUT2D eigenvalue weighted by Gasteiger charge is 2.44. The maximum atomic E-state index is 7.32. The van der Waals surface area contributed by atoms with Crippen molar-refractivity contribution in [3.05, 3.63) is 216 Å². The Kier molecular flexibility index (Phi) is 10.7. The normalized spacial score (nSPS) is 26.2. The Bertz CT molecular complexity index is 2820. The predicted octanol–water partition coefficient (Wildman–Crippen LogP) is 15.9. The Morgan fingerprint density at radius 1 is 0.806 bits per heavy atom. The topological polar surface area (TPSA) is 16.4 Å². The Morgan fingerprint density at radius 2 is 1.65 bits per heavy atom. The van der Waals surface area contributed by atoms with Crippen LogP contribution in [0.25, 0.3) is 27.7 Å². The molecule has 0 amide bonds. The monoisotopic (exact) mass is 805 g/mol. The van der Waals surface area contributed by atoms with E-state index in [4.69, 9.17) is 10.8 Å². The van der Waals surface area contributed by atoms with Crippen LogP contribution in [0.3, 0.4) is 0 Å². The molecule has 0 saturated heterocycles. The molecular formula is C60H55NO. The summed E-state index contributed by atoms with van der Waals surface area (Å²) < 4.78 is 7.32. The number of aryl methyl sites for hydroxylation is 1. The smallest absolute Gasteiger partial charge is 0.142 e. The summed E-state index contributed by atoms with van der Waals surface area (Å²) in [5.74, 6) is 6.07. The van der Waals surface area contributed by atoms with Crippen LogP contribution in [0.1, 0.15) is 74.3 Å². The van der Waals surface area contributed by atoms with Gasteiger partial charge >= 0.3 is 0 Å². The number of benzene rings is 4. The molecule has 1 heterocycles. The molecule has 2 nitrogen and oxygen atoms in total. The molecule has 10 rings (SSSR count). The number of terminal acetylenes is 1. The fourth-order valence-corrected chi connectivity index (χ4v) is 11.1. The van der Waals surface area contributed by atoms with Crippen LogP contribution >= 0.6 is 0 Å². The van der Waals surface area contributed by atoms with Gasteiger partial charge in [0.2, 0.25) is 0 Å². The molecule has 62 heavy (non-hydrogen) atoms. The van der Waals surface area contributed by atoms with E-state index in [1.807, 2.05) is 0 Å². The van der Waals surface area contributed by atoms with Gasteiger partial charge in [0.25, 0.3) is 0 Å². The lowest BCUT2D eigenvalue weighted by Crippen LogP contribution is -2.33. The average Bonchev–Trinajstić information content (AvgIpc) is 3.48. The van der Waals surface area contributed by atoms with Crippen LogP contribution in [0.4, 0.5) is 17.1 Å². The van der Waals surface area contributed by atoms with Crippen LogP contribution in [0, 0.1) is 41.4 Å². The van der Waals surface area contributed by atoms with Gasteiger partial charge in [-0.1, -0.05) is 165 Å². The van der Waals surface area contributed by atoms with Gasteiger partial charge in [-0.3, -0.25) is 0 Å².